The number of hydroxylamine groups is 2. The van der Waals surface area contributed by atoms with Crippen molar-refractivity contribution < 1.29 is 57.9 Å². The molecule has 0 radical (unpaired) electrons. The van der Waals surface area contributed by atoms with Crippen LogP contribution in [0.4, 0.5) is 0 Å². The van der Waals surface area contributed by atoms with Gasteiger partial charge in [-0.2, -0.15) is 5.06 Å². The summed E-state index contributed by atoms with van der Waals surface area (Å²) in [5.74, 6) is -0.656. The number of methoxy groups -OCH3 is 1. The monoisotopic (exact) mass is 641 g/mol. The average molecular weight is 642 g/mol. The molecule has 44 heavy (non-hydrogen) atoms. The molecule has 244 valence electrons. The van der Waals surface area contributed by atoms with Gasteiger partial charge in [0.1, 0.15) is 24.0 Å². The molecule has 0 aliphatic carbocycles. The van der Waals surface area contributed by atoms with Crippen LogP contribution in [0.3, 0.4) is 0 Å². The molecule has 0 spiro atoms. The number of esters is 1. The highest BCUT2D eigenvalue weighted by atomic mass is 31.2. The number of hydrogen-bond donors (Lipinski definition) is 6. The third kappa shape index (κ3) is 8.82. The largest absolute Gasteiger partial charge is 0.497 e. The Morgan fingerprint density at radius 1 is 1.14 bits per heavy atom. The first-order chi connectivity index (χ1) is 20.9. The first-order valence-electron chi connectivity index (χ1n) is 13.7. The number of carbonyl (C=O) groups excluding carboxylic acids is 2. The van der Waals surface area contributed by atoms with Gasteiger partial charge in [0.05, 0.1) is 20.3 Å². The summed E-state index contributed by atoms with van der Waals surface area (Å²) in [6.45, 7) is 1.24. The fourth-order valence-electron chi connectivity index (χ4n) is 5.01. The number of ether oxygens (including phenoxy) is 3. The van der Waals surface area contributed by atoms with Gasteiger partial charge in [0.2, 0.25) is 5.91 Å². The van der Waals surface area contributed by atoms with E-state index in [-0.39, 0.29) is 6.61 Å². The second-order valence-corrected chi connectivity index (χ2v) is 11.6. The molecule has 2 aliphatic rings. The molecule has 2 aliphatic heterocycles. The number of nitrogens with one attached hydrogen (secondary N) is 1. The number of nitrogens with zero attached hydrogens (tertiary/aromatic N) is 1. The molecule has 2 unspecified atom stereocenters. The van der Waals surface area contributed by atoms with Gasteiger partial charge in [-0.1, -0.05) is 42.5 Å². The summed E-state index contributed by atoms with van der Waals surface area (Å²) in [7, 11) is -1.03. The summed E-state index contributed by atoms with van der Waals surface area (Å²) in [5.41, 5.74) is 4.54. The van der Waals surface area contributed by atoms with Crippen LogP contribution < -0.4 is 15.6 Å². The minimum Gasteiger partial charge on any atom is -0.497 e. The lowest BCUT2D eigenvalue weighted by atomic mass is 9.87. The molecule has 2 aromatic rings. The fraction of sp³-hybridized carbons (Fsp3) is 0.500. The van der Waals surface area contributed by atoms with Gasteiger partial charge >= 0.3 is 13.7 Å². The molecule has 4 rings (SSSR count). The summed E-state index contributed by atoms with van der Waals surface area (Å²) in [4.78, 5) is 40.0. The highest BCUT2D eigenvalue weighted by Crippen LogP contribution is 2.42. The minimum absolute atomic E-state index is 0.214. The predicted octanol–water partition coefficient (Wildman–Crippen LogP) is 0.297. The third-order valence-corrected chi connectivity index (χ3v) is 7.73. The van der Waals surface area contributed by atoms with Crippen molar-refractivity contribution >= 4 is 19.6 Å². The number of carbonyl (C=O) groups is 2. The average Bonchev–Trinajstić information content (AvgIpc) is 3.44. The van der Waals surface area contributed by atoms with E-state index in [0.717, 1.165) is 12.7 Å². The maximum absolute atomic E-state index is 14.1. The Hall–Kier alpha value is -2.95. The molecule has 16 heteroatoms. The zero-order valence-electron chi connectivity index (χ0n) is 24.6. The highest BCUT2D eigenvalue weighted by molar-refractivity contribution is 7.50. The number of rotatable bonds is 10. The molecule has 7 N–H and O–H groups in total. The zero-order chi connectivity index (χ0) is 32.5. The minimum atomic E-state index is -3.65. The van der Waals surface area contributed by atoms with Gasteiger partial charge in [0.25, 0.3) is 0 Å². The van der Waals surface area contributed by atoms with Crippen LogP contribution >= 0.6 is 7.75 Å². The molecule has 0 saturated carbocycles. The van der Waals surface area contributed by atoms with Crippen molar-refractivity contribution in [2.45, 2.75) is 62.6 Å². The van der Waals surface area contributed by atoms with Gasteiger partial charge in [-0.25, -0.2) is 14.9 Å². The van der Waals surface area contributed by atoms with Gasteiger partial charge < -0.3 is 44.3 Å². The molecule has 7 atom stereocenters. The first kappa shape index (κ1) is 35.5. The van der Waals surface area contributed by atoms with Gasteiger partial charge in [0, 0.05) is 20.6 Å². The topological polar surface area (TPSA) is 220 Å². The predicted molar refractivity (Wildman–Crippen MR) is 154 cm³/mol. The van der Waals surface area contributed by atoms with Crippen LogP contribution in [0, 0.1) is 0 Å². The van der Waals surface area contributed by atoms with E-state index < -0.39 is 62.4 Å². The molecule has 0 aromatic heterocycles. The van der Waals surface area contributed by atoms with Crippen molar-refractivity contribution in [2.75, 3.05) is 27.4 Å². The normalized spacial score (nSPS) is 28.2. The van der Waals surface area contributed by atoms with Gasteiger partial charge in [-0.05, 0) is 36.1 Å². The fourth-order valence-corrected chi connectivity index (χ4v) is 5.01. The molecule has 2 saturated heterocycles. The molecular weight excluding hydrogens is 601 g/mol. The highest BCUT2D eigenvalue weighted by Gasteiger charge is 2.55. The quantitative estimate of drug-likeness (QED) is 0.152. The van der Waals surface area contributed by atoms with Crippen molar-refractivity contribution in [2.24, 2.45) is 5.50 Å². The summed E-state index contributed by atoms with van der Waals surface area (Å²) in [6.07, 6.45) is -4.80. The van der Waals surface area contributed by atoms with Crippen molar-refractivity contribution in [1.82, 2.24) is 10.4 Å². The van der Waals surface area contributed by atoms with E-state index in [1.165, 1.54) is 6.92 Å². The van der Waals surface area contributed by atoms with Crippen LogP contribution in [-0.4, -0.2) is 95.2 Å². The lowest BCUT2D eigenvalue weighted by Gasteiger charge is -2.44. The zero-order valence-corrected chi connectivity index (χ0v) is 25.5. The molecule has 15 nitrogen and oxygen atoms in total. The SMILES string of the molecule is COP(N)(=O)O.COc1ccc([C@@]2(C(=O)O[C@H]3[C@H](O)[C@@H](CO)OC(O)[C@@H]3NC(C)=O)CCCN2OCc2ccccc2)cc1. The van der Waals surface area contributed by atoms with Crippen molar-refractivity contribution in [3.05, 3.63) is 65.7 Å². The number of amides is 1. The smallest absolute Gasteiger partial charge is 0.399 e. The van der Waals surface area contributed by atoms with Gasteiger partial charge in [0.15, 0.2) is 17.9 Å². The third-order valence-electron chi connectivity index (χ3n) is 7.21. The van der Waals surface area contributed by atoms with E-state index in [0.29, 0.717) is 30.7 Å². The lowest BCUT2D eigenvalue weighted by molar-refractivity contribution is -0.268. The van der Waals surface area contributed by atoms with Crippen LogP contribution in [0.25, 0.3) is 0 Å². The molecule has 1 amide bonds. The number of nitrogens with two attached hydrogens (primary N) is 1. The second-order valence-electron chi connectivity index (χ2n) is 10.1. The Morgan fingerprint density at radius 3 is 2.32 bits per heavy atom. The summed E-state index contributed by atoms with van der Waals surface area (Å²) < 4.78 is 29.9. The second kappa shape index (κ2) is 15.9. The molecule has 2 heterocycles. The summed E-state index contributed by atoms with van der Waals surface area (Å²) in [6, 6.07) is 15.2. The van der Waals surface area contributed by atoms with E-state index in [2.05, 4.69) is 15.3 Å². The van der Waals surface area contributed by atoms with E-state index >= 15 is 0 Å². The van der Waals surface area contributed by atoms with Gasteiger partial charge in [-0.3, -0.25) is 9.63 Å². The van der Waals surface area contributed by atoms with Crippen LogP contribution in [0.5, 0.6) is 5.75 Å². The van der Waals surface area contributed by atoms with E-state index in [1.807, 2.05) is 30.3 Å². The Balaban J connectivity index is 0.000000801. The van der Waals surface area contributed by atoms with Crippen molar-refractivity contribution in [3.8, 4) is 5.75 Å². The number of hydrogen-bond acceptors (Lipinski definition) is 12. The number of aliphatic hydroxyl groups excluding tert-OH is 3. The summed E-state index contributed by atoms with van der Waals surface area (Å²) in [5, 5.41) is 35.1. The molecule has 0 bridgehead atoms. The standard InChI is InChI=1S/C27H34N2O9.CH6NO3P/c1-17(31)28-22-24(23(32)21(15-30)37-25(22)33)38-26(34)27(19-9-11-20(35-2)12-10-19)13-6-14-29(27)36-16-18-7-4-3-5-8-18;1-5-6(2,3)4/h3-5,7-12,21-25,30,32-33H,6,13-16H2,1-2H3,(H,28,31);1H3,(H3,2,3,4)/t21-,22-,23-,24-,25?,27-;/m1./s1. The number of benzene rings is 2. The Morgan fingerprint density at radius 2 is 1.77 bits per heavy atom. The van der Waals surface area contributed by atoms with Crippen molar-refractivity contribution in [3.63, 3.8) is 0 Å². The van der Waals surface area contributed by atoms with Crippen molar-refractivity contribution in [1.29, 1.82) is 0 Å². The Labute approximate surface area is 255 Å². The first-order valence-corrected chi connectivity index (χ1v) is 15.4. The van der Waals surface area contributed by atoms with Crippen LogP contribution in [0.2, 0.25) is 0 Å². The van der Waals surface area contributed by atoms with E-state index in [4.69, 9.17) is 23.9 Å². The molecule has 2 fully saturated rings. The molecule has 2 aromatic carbocycles. The van der Waals surface area contributed by atoms with Gasteiger partial charge in [-0.15, -0.1) is 0 Å². The summed E-state index contributed by atoms with van der Waals surface area (Å²) >= 11 is 0. The van der Waals surface area contributed by atoms with Crippen LogP contribution in [0.15, 0.2) is 54.6 Å². The maximum atomic E-state index is 14.1. The Bertz CT molecular complexity index is 1260. The van der Waals surface area contributed by atoms with Crippen LogP contribution in [-0.2, 0) is 45.1 Å². The number of aliphatic hydroxyl groups is 3. The van der Waals surface area contributed by atoms with E-state index in [1.54, 1.807) is 36.4 Å². The Kier molecular flexibility index (Phi) is 12.8. The van der Waals surface area contributed by atoms with Crippen LogP contribution in [0.1, 0.15) is 30.9 Å². The van der Waals surface area contributed by atoms with E-state index in [9.17, 15) is 29.5 Å². The maximum Gasteiger partial charge on any atom is 0.399 e. The molecular formula is C28H40N3O12P. The lowest BCUT2D eigenvalue weighted by Crippen LogP contribution is -2.66.